The summed E-state index contributed by atoms with van der Waals surface area (Å²) in [5, 5.41) is -0.286. The monoisotopic (exact) mass is 357 g/mol. The highest BCUT2D eigenvalue weighted by Gasteiger charge is 2.41. The molecule has 0 saturated carbocycles. The number of pyridine rings is 1. The number of aromatic nitrogens is 1. The number of rotatable bonds is 6. The van der Waals surface area contributed by atoms with Crippen LogP contribution in [0.25, 0.3) is 0 Å². The average Bonchev–Trinajstić information content (AvgIpc) is 2.90. The van der Waals surface area contributed by atoms with Crippen LogP contribution in [0.1, 0.15) is 12.5 Å². The van der Waals surface area contributed by atoms with Gasteiger partial charge in [-0.3, -0.25) is 14.5 Å². The molecule has 2 aromatic rings. The lowest BCUT2D eigenvalue weighted by atomic mass is 10.2. The van der Waals surface area contributed by atoms with E-state index in [2.05, 4.69) is 4.98 Å². The standard InChI is InChI=1S/C18H19N3O3S/c1-13(20(2)15-10-6-7-11-19-15)24-17-16(22)21(18(23)25-17)12-14-8-4-3-5-9-14/h3-11,13,17H,12H2,1-2H3. The van der Waals surface area contributed by atoms with Crippen LogP contribution in [-0.4, -0.2) is 39.7 Å². The number of imide groups is 1. The number of nitrogens with zero attached hydrogens (tertiary/aromatic N) is 3. The number of ether oxygens (including phenoxy) is 1. The molecule has 0 bridgehead atoms. The quantitative estimate of drug-likeness (QED) is 0.740. The van der Waals surface area contributed by atoms with Crippen LogP contribution in [0.15, 0.2) is 54.7 Å². The number of hydrogen-bond donors (Lipinski definition) is 0. The van der Waals surface area contributed by atoms with Crippen molar-refractivity contribution < 1.29 is 14.3 Å². The first-order valence-corrected chi connectivity index (χ1v) is 8.79. The Morgan fingerprint density at radius 2 is 1.92 bits per heavy atom. The molecule has 1 fully saturated rings. The van der Waals surface area contributed by atoms with Gasteiger partial charge in [0.1, 0.15) is 12.0 Å². The van der Waals surface area contributed by atoms with Crippen LogP contribution in [0.4, 0.5) is 10.6 Å². The maximum Gasteiger partial charge on any atom is 0.291 e. The Morgan fingerprint density at radius 1 is 1.20 bits per heavy atom. The van der Waals surface area contributed by atoms with Gasteiger partial charge in [-0.1, -0.05) is 36.4 Å². The minimum absolute atomic E-state index is 0.260. The van der Waals surface area contributed by atoms with Gasteiger partial charge in [-0.05, 0) is 36.4 Å². The minimum atomic E-state index is -0.836. The second-order valence-electron chi connectivity index (χ2n) is 5.66. The lowest BCUT2D eigenvalue weighted by molar-refractivity contribution is -0.136. The second kappa shape index (κ2) is 7.67. The summed E-state index contributed by atoms with van der Waals surface area (Å²) in [6.07, 6.45) is 1.29. The molecule has 1 aromatic heterocycles. The molecule has 3 rings (SSSR count). The predicted molar refractivity (Wildman–Crippen MR) is 97.0 cm³/mol. The van der Waals surface area contributed by atoms with Crippen LogP contribution < -0.4 is 4.90 Å². The predicted octanol–water partition coefficient (Wildman–Crippen LogP) is 3.10. The van der Waals surface area contributed by atoms with Gasteiger partial charge in [-0.2, -0.15) is 0 Å². The molecule has 25 heavy (non-hydrogen) atoms. The highest BCUT2D eigenvalue weighted by molar-refractivity contribution is 8.15. The van der Waals surface area contributed by atoms with Crippen molar-refractivity contribution in [1.29, 1.82) is 0 Å². The Balaban J connectivity index is 1.64. The van der Waals surface area contributed by atoms with Crippen molar-refractivity contribution in [1.82, 2.24) is 9.88 Å². The number of thioether (sulfide) groups is 1. The fourth-order valence-corrected chi connectivity index (χ4v) is 3.35. The van der Waals surface area contributed by atoms with Gasteiger partial charge in [-0.15, -0.1) is 0 Å². The van der Waals surface area contributed by atoms with Crippen LogP contribution in [0.2, 0.25) is 0 Å². The summed E-state index contributed by atoms with van der Waals surface area (Å²) in [4.78, 5) is 32.0. The van der Waals surface area contributed by atoms with Gasteiger partial charge in [0.25, 0.3) is 11.1 Å². The average molecular weight is 357 g/mol. The van der Waals surface area contributed by atoms with Crippen molar-refractivity contribution in [2.45, 2.75) is 25.1 Å². The number of carbonyl (C=O) groups is 2. The van der Waals surface area contributed by atoms with Gasteiger partial charge in [0.05, 0.1) is 6.54 Å². The molecule has 0 N–H and O–H groups in total. The van der Waals surface area contributed by atoms with E-state index in [1.807, 2.05) is 67.4 Å². The van der Waals surface area contributed by atoms with E-state index in [1.165, 1.54) is 4.90 Å². The summed E-state index contributed by atoms with van der Waals surface area (Å²) >= 11 is 0.910. The Labute approximate surface area is 150 Å². The molecular formula is C18H19N3O3S. The molecular weight excluding hydrogens is 338 g/mol. The van der Waals surface area contributed by atoms with E-state index in [4.69, 9.17) is 4.74 Å². The largest absolute Gasteiger partial charge is 0.334 e. The molecule has 1 aromatic carbocycles. The number of amides is 2. The zero-order chi connectivity index (χ0) is 17.8. The number of carbonyl (C=O) groups excluding carboxylic acids is 2. The smallest absolute Gasteiger partial charge is 0.291 e. The van der Waals surface area contributed by atoms with Gasteiger partial charge in [0.15, 0.2) is 5.44 Å². The fourth-order valence-electron chi connectivity index (χ4n) is 2.44. The Kier molecular flexibility index (Phi) is 5.35. The van der Waals surface area contributed by atoms with Crippen molar-refractivity contribution in [2.24, 2.45) is 0 Å². The third-order valence-corrected chi connectivity index (χ3v) is 4.90. The third-order valence-electron chi connectivity index (χ3n) is 3.96. The number of hydrogen-bond acceptors (Lipinski definition) is 6. The fraction of sp³-hybridized carbons (Fsp3) is 0.278. The van der Waals surface area contributed by atoms with Gasteiger partial charge >= 0.3 is 0 Å². The van der Waals surface area contributed by atoms with E-state index in [-0.39, 0.29) is 17.7 Å². The molecule has 0 radical (unpaired) electrons. The topological polar surface area (TPSA) is 62.7 Å². The molecule has 7 heteroatoms. The van der Waals surface area contributed by atoms with Crippen LogP contribution in [0.5, 0.6) is 0 Å². The summed E-state index contributed by atoms with van der Waals surface area (Å²) in [6, 6.07) is 15.0. The first-order valence-electron chi connectivity index (χ1n) is 7.91. The number of benzene rings is 1. The van der Waals surface area contributed by atoms with Gasteiger partial charge < -0.3 is 9.64 Å². The van der Waals surface area contributed by atoms with E-state index in [1.54, 1.807) is 6.20 Å². The normalized spacial score (nSPS) is 18.5. The highest BCUT2D eigenvalue weighted by Crippen LogP contribution is 2.30. The van der Waals surface area contributed by atoms with Gasteiger partial charge in [0, 0.05) is 13.2 Å². The van der Waals surface area contributed by atoms with Crippen LogP contribution in [0, 0.1) is 0 Å². The molecule has 6 nitrogen and oxygen atoms in total. The van der Waals surface area contributed by atoms with Gasteiger partial charge in [0.2, 0.25) is 0 Å². The van der Waals surface area contributed by atoms with Crippen molar-refractivity contribution in [3.05, 3.63) is 60.3 Å². The number of anilines is 1. The van der Waals surface area contributed by atoms with Crippen LogP contribution >= 0.6 is 11.8 Å². The minimum Gasteiger partial charge on any atom is -0.334 e. The van der Waals surface area contributed by atoms with Crippen LogP contribution in [-0.2, 0) is 16.1 Å². The van der Waals surface area contributed by atoms with Crippen molar-refractivity contribution in [3.63, 3.8) is 0 Å². The summed E-state index contributed by atoms with van der Waals surface area (Å²) in [5.41, 5.74) is 0.0708. The molecule has 2 amide bonds. The van der Waals surface area contributed by atoms with Gasteiger partial charge in [-0.25, -0.2) is 4.98 Å². The molecule has 0 aliphatic carbocycles. The second-order valence-corrected chi connectivity index (χ2v) is 6.67. The van der Waals surface area contributed by atoms with E-state index in [9.17, 15) is 9.59 Å². The Hall–Kier alpha value is -2.38. The van der Waals surface area contributed by atoms with E-state index >= 15 is 0 Å². The molecule has 130 valence electrons. The van der Waals surface area contributed by atoms with Crippen molar-refractivity contribution in [3.8, 4) is 0 Å². The van der Waals surface area contributed by atoms with Crippen molar-refractivity contribution >= 4 is 28.7 Å². The molecule has 2 unspecified atom stereocenters. The van der Waals surface area contributed by atoms with Crippen LogP contribution in [0.3, 0.4) is 0 Å². The van der Waals surface area contributed by atoms with E-state index < -0.39 is 11.7 Å². The molecule has 0 spiro atoms. The Bertz CT molecular complexity index is 742. The summed E-state index contributed by atoms with van der Waals surface area (Å²) in [6.45, 7) is 2.09. The Morgan fingerprint density at radius 3 is 2.60 bits per heavy atom. The highest BCUT2D eigenvalue weighted by atomic mass is 32.2. The molecule has 2 heterocycles. The molecule has 2 atom stereocenters. The zero-order valence-electron chi connectivity index (χ0n) is 14.0. The third kappa shape index (κ3) is 4.00. The van der Waals surface area contributed by atoms with Crippen molar-refractivity contribution in [2.75, 3.05) is 11.9 Å². The lowest BCUT2D eigenvalue weighted by Gasteiger charge is -2.27. The maximum atomic E-state index is 12.5. The summed E-state index contributed by atoms with van der Waals surface area (Å²) in [5.74, 6) is 0.415. The zero-order valence-corrected chi connectivity index (χ0v) is 14.8. The molecule has 1 aliphatic rings. The summed E-state index contributed by atoms with van der Waals surface area (Å²) < 4.78 is 5.81. The first kappa shape index (κ1) is 17.4. The maximum absolute atomic E-state index is 12.5. The summed E-state index contributed by atoms with van der Waals surface area (Å²) in [7, 11) is 1.83. The first-order chi connectivity index (χ1) is 12.1. The molecule has 1 saturated heterocycles. The molecule has 1 aliphatic heterocycles. The SMILES string of the molecule is CC(OC1SC(=O)N(Cc2ccccc2)C1=O)N(C)c1ccccn1. The van der Waals surface area contributed by atoms with E-state index in [0.717, 1.165) is 23.1 Å². The lowest BCUT2D eigenvalue weighted by Crippen LogP contribution is -2.38. The van der Waals surface area contributed by atoms with E-state index in [0.29, 0.717) is 0 Å².